The van der Waals surface area contributed by atoms with Gasteiger partial charge in [0.2, 0.25) is 5.91 Å². The van der Waals surface area contributed by atoms with Gasteiger partial charge in [0.25, 0.3) is 0 Å². The first-order valence-electron chi connectivity index (χ1n) is 6.38. The van der Waals surface area contributed by atoms with E-state index >= 15 is 0 Å². The molecule has 1 rings (SSSR count). The van der Waals surface area contributed by atoms with Gasteiger partial charge < -0.3 is 25.2 Å². The predicted octanol–water partition coefficient (Wildman–Crippen LogP) is -0.651. The van der Waals surface area contributed by atoms with E-state index in [1.165, 1.54) is 0 Å². The van der Waals surface area contributed by atoms with Crippen LogP contribution in [0.5, 0.6) is 0 Å². The molecule has 18 heavy (non-hydrogen) atoms. The summed E-state index contributed by atoms with van der Waals surface area (Å²) >= 11 is 0. The van der Waals surface area contributed by atoms with Crippen LogP contribution in [0.1, 0.15) is 19.8 Å². The summed E-state index contributed by atoms with van der Waals surface area (Å²) in [6.07, 6.45) is 1.02. The van der Waals surface area contributed by atoms with Crippen molar-refractivity contribution in [2.24, 2.45) is 5.73 Å². The van der Waals surface area contributed by atoms with Crippen molar-refractivity contribution in [1.29, 1.82) is 0 Å². The lowest BCUT2D eigenvalue weighted by Gasteiger charge is -2.37. The highest BCUT2D eigenvalue weighted by Gasteiger charge is 2.30. The van der Waals surface area contributed by atoms with Gasteiger partial charge in [0, 0.05) is 26.8 Å². The quantitative estimate of drug-likeness (QED) is 0.620. The highest BCUT2D eigenvalue weighted by Crippen LogP contribution is 2.12. The maximum absolute atomic E-state index is 12.1. The van der Waals surface area contributed by atoms with Gasteiger partial charge in [0.05, 0.1) is 24.9 Å². The standard InChI is InChI=1S/C12H24N2O4/c1-9-6-14(7-10(8-15)18-9)12(16)11(13)4-3-5-17-2/h9-11,15H,3-8,13H2,1-2H3. The van der Waals surface area contributed by atoms with Crippen LogP contribution in [0.15, 0.2) is 0 Å². The van der Waals surface area contributed by atoms with Crippen LogP contribution in [-0.2, 0) is 14.3 Å². The van der Waals surface area contributed by atoms with E-state index in [9.17, 15) is 4.79 Å². The molecule has 1 aliphatic heterocycles. The molecule has 0 aromatic carbocycles. The van der Waals surface area contributed by atoms with Crippen LogP contribution in [-0.4, -0.2) is 67.6 Å². The fourth-order valence-electron chi connectivity index (χ4n) is 2.13. The van der Waals surface area contributed by atoms with E-state index in [2.05, 4.69) is 0 Å². The number of rotatable bonds is 6. The number of carbonyl (C=O) groups excluding carboxylic acids is 1. The van der Waals surface area contributed by atoms with Crippen molar-refractivity contribution >= 4 is 5.91 Å². The van der Waals surface area contributed by atoms with Crippen LogP contribution in [0.25, 0.3) is 0 Å². The molecule has 1 saturated heterocycles. The molecule has 0 bridgehead atoms. The monoisotopic (exact) mass is 260 g/mol. The molecule has 106 valence electrons. The molecule has 1 aliphatic rings. The Hall–Kier alpha value is -0.690. The van der Waals surface area contributed by atoms with Crippen LogP contribution >= 0.6 is 0 Å². The second kappa shape index (κ2) is 7.68. The Labute approximate surface area is 108 Å². The summed E-state index contributed by atoms with van der Waals surface area (Å²) in [5.41, 5.74) is 5.87. The number of methoxy groups -OCH3 is 1. The van der Waals surface area contributed by atoms with Crippen LogP contribution < -0.4 is 5.73 Å². The number of aliphatic hydroxyl groups is 1. The van der Waals surface area contributed by atoms with Crippen LogP contribution in [0.3, 0.4) is 0 Å². The molecule has 0 aromatic heterocycles. The first kappa shape index (κ1) is 15.4. The van der Waals surface area contributed by atoms with Gasteiger partial charge in [-0.15, -0.1) is 0 Å². The lowest BCUT2D eigenvalue weighted by Crippen LogP contribution is -2.54. The average molecular weight is 260 g/mol. The van der Waals surface area contributed by atoms with Gasteiger partial charge in [0.15, 0.2) is 0 Å². The van der Waals surface area contributed by atoms with Crippen molar-refractivity contribution in [3.8, 4) is 0 Å². The molecule has 6 nitrogen and oxygen atoms in total. The van der Waals surface area contributed by atoms with E-state index in [0.29, 0.717) is 26.1 Å². The Kier molecular flexibility index (Phi) is 6.56. The summed E-state index contributed by atoms with van der Waals surface area (Å²) in [5, 5.41) is 9.11. The largest absolute Gasteiger partial charge is 0.394 e. The van der Waals surface area contributed by atoms with E-state index in [1.54, 1.807) is 12.0 Å². The summed E-state index contributed by atoms with van der Waals surface area (Å²) in [6.45, 7) is 3.37. The van der Waals surface area contributed by atoms with Crippen LogP contribution in [0.2, 0.25) is 0 Å². The van der Waals surface area contributed by atoms with Gasteiger partial charge >= 0.3 is 0 Å². The van der Waals surface area contributed by atoms with E-state index < -0.39 is 6.04 Å². The molecule has 1 amide bonds. The Bertz CT molecular complexity index is 262. The molecule has 1 fully saturated rings. The highest BCUT2D eigenvalue weighted by atomic mass is 16.5. The minimum Gasteiger partial charge on any atom is -0.394 e. The Morgan fingerprint density at radius 2 is 2.33 bits per heavy atom. The highest BCUT2D eigenvalue weighted by molar-refractivity contribution is 5.81. The summed E-state index contributed by atoms with van der Waals surface area (Å²) in [6, 6.07) is -0.496. The van der Waals surface area contributed by atoms with Crippen molar-refractivity contribution in [2.75, 3.05) is 33.4 Å². The van der Waals surface area contributed by atoms with E-state index in [1.807, 2.05) is 6.92 Å². The zero-order valence-electron chi connectivity index (χ0n) is 11.2. The summed E-state index contributed by atoms with van der Waals surface area (Å²) < 4.78 is 10.4. The number of morpholine rings is 1. The third-order valence-corrected chi connectivity index (χ3v) is 3.02. The second-order valence-electron chi connectivity index (χ2n) is 4.74. The molecule has 3 N–H and O–H groups in total. The number of ether oxygens (including phenoxy) is 2. The van der Waals surface area contributed by atoms with Gasteiger partial charge in [-0.05, 0) is 19.8 Å². The predicted molar refractivity (Wildman–Crippen MR) is 67.1 cm³/mol. The minimum atomic E-state index is -0.496. The average Bonchev–Trinajstić information content (AvgIpc) is 2.37. The number of hydrogen-bond acceptors (Lipinski definition) is 5. The van der Waals surface area contributed by atoms with Crippen molar-refractivity contribution in [1.82, 2.24) is 4.90 Å². The molecule has 6 heteroatoms. The lowest BCUT2D eigenvalue weighted by atomic mass is 10.1. The Morgan fingerprint density at radius 1 is 1.61 bits per heavy atom. The fourth-order valence-corrected chi connectivity index (χ4v) is 2.13. The molecule has 0 saturated carbocycles. The first-order valence-corrected chi connectivity index (χ1v) is 6.38. The minimum absolute atomic E-state index is 0.0639. The maximum atomic E-state index is 12.1. The lowest BCUT2D eigenvalue weighted by molar-refractivity contribution is -0.148. The SMILES string of the molecule is COCCCC(N)C(=O)N1CC(C)OC(CO)C1. The third-order valence-electron chi connectivity index (χ3n) is 3.02. The maximum Gasteiger partial charge on any atom is 0.239 e. The number of carbonyl (C=O) groups is 1. The van der Waals surface area contributed by atoms with Crippen molar-refractivity contribution in [2.45, 2.75) is 38.0 Å². The second-order valence-corrected chi connectivity index (χ2v) is 4.74. The summed E-state index contributed by atoms with van der Waals surface area (Å²) in [4.78, 5) is 13.8. The van der Waals surface area contributed by atoms with Crippen LogP contribution in [0.4, 0.5) is 0 Å². The fraction of sp³-hybridized carbons (Fsp3) is 0.917. The topological polar surface area (TPSA) is 85.0 Å². The zero-order valence-corrected chi connectivity index (χ0v) is 11.2. The number of aliphatic hydroxyl groups excluding tert-OH is 1. The summed E-state index contributed by atoms with van der Waals surface area (Å²) in [7, 11) is 1.63. The molecular weight excluding hydrogens is 236 g/mol. The third kappa shape index (κ3) is 4.53. The Morgan fingerprint density at radius 3 is 2.94 bits per heavy atom. The van der Waals surface area contributed by atoms with Gasteiger partial charge in [0.1, 0.15) is 0 Å². The van der Waals surface area contributed by atoms with Gasteiger partial charge in [-0.2, -0.15) is 0 Å². The molecule has 0 aliphatic carbocycles. The Balaban J connectivity index is 2.44. The molecule has 0 radical (unpaired) electrons. The van der Waals surface area contributed by atoms with E-state index in [-0.39, 0.29) is 24.7 Å². The number of hydrogen-bond donors (Lipinski definition) is 2. The molecule has 3 unspecified atom stereocenters. The van der Waals surface area contributed by atoms with Gasteiger partial charge in [-0.25, -0.2) is 0 Å². The molecule has 1 heterocycles. The molecule has 0 aromatic rings. The number of nitrogens with two attached hydrogens (primary N) is 1. The summed E-state index contributed by atoms with van der Waals surface area (Å²) in [5.74, 6) is -0.0697. The van der Waals surface area contributed by atoms with E-state index in [4.69, 9.17) is 20.3 Å². The smallest absolute Gasteiger partial charge is 0.239 e. The van der Waals surface area contributed by atoms with Crippen molar-refractivity contribution in [3.05, 3.63) is 0 Å². The van der Waals surface area contributed by atoms with Gasteiger partial charge in [-0.1, -0.05) is 0 Å². The van der Waals surface area contributed by atoms with Gasteiger partial charge in [-0.3, -0.25) is 4.79 Å². The molecule has 3 atom stereocenters. The van der Waals surface area contributed by atoms with Crippen molar-refractivity contribution in [3.63, 3.8) is 0 Å². The number of amides is 1. The van der Waals surface area contributed by atoms with Crippen LogP contribution in [0, 0.1) is 0 Å². The zero-order chi connectivity index (χ0) is 13.5. The van der Waals surface area contributed by atoms with E-state index in [0.717, 1.165) is 6.42 Å². The molecule has 0 spiro atoms. The normalized spacial score (nSPS) is 26.1. The first-order chi connectivity index (χ1) is 8.58. The number of nitrogens with zero attached hydrogens (tertiary/aromatic N) is 1. The van der Waals surface area contributed by atoms with Crippen molar-refractivity contribution < 1.29 is 19.4 Å². The molecular formula is C12H24N2O4.